The van der Waals surface area contributed by atoms with Crippen molar-refractivity contribution < 1.29 is 45.8 Å². The van der Waals surface area contributed by atoms with Gasteiger partial charge in [-0.15, -0.1) is 11.6 Å². The first-order chi connectivity index (χ1) is 13.7. The number of carbonyl (C=O) groups is 3. The summed E-state index contributed by atoms with van der Waals surface area (Å²) in [4.78, 5) is 35.8. The van der Waals surface area contributed by atoms with Crippen molar-refractivity contribution in [3.05, 3.63) is 29.1 Å². The zero-order valence-corrected chi connectivity index (χ0v) is 16.9. The summed E-state index contributed by atoms with van der Waals surface area (Å²) in [5.41, 5.74) is -0.873. The Balaban J connectivity index is 2.85. The summed E-state index contributed by atoms with van der Waals surface area (Å²) in [5, 5.41) is 4.16. The molecular weight excluding hydrogens is 443 g/mol. The van der Waals surface area contributed by atoms with Crippen molar-refractivity contribution in [2.75, 3.05) is 5.88 Å². The lowest BCUT2D eigenvalue weighted by Gasteiger charge is -2.23. The Kier molecular flexibility index (Phi) is 8.40. The third-order valence-electron chi connectivity index (χ3n) is 3.25. The Morgan fingerprint density at radius 1 is 0.933 bits per heavy atom. The molecule has 0 aliphatic rings. The predicted molar refractivity (Wildman–Crippen MR) is 93.3 cm³/mol. The summed E-state index contributed by atoms with van der Waals surface area (Å²) in [6, 6.07) is -2.98. The summed E-state index contributed by atoms with van der Waals surface area (Å²) in [6.45, 7) is 5.71. The third kappa shape index (κ3) is 6.44. The number of benzene rings is 1. The lowest BCUT2D eigenvalue weighted by molar-refractivity contribution is -0.139. The minimum Gasteiger partial charge on any atom is -0.444 e. The number of ether oxygens (including phenoxy) is 2. The van der Waals surface area contributed by atoms with E-state index >= 15 is 0 Å². The van der Waals surface area contributed by atoms with Crippen molar-refractivity contribution in [1.82, 2.24) is 10.6 Å². The fourth-order valence-corrected chi connectivity index (χ4v) is 2.08. The van der Waals surface area contributed by atoms with Crippen LogP contribution in [0.15, 0.2) is 0 Å². The second kappa shape index (κ2) is 9.92. The molecule has 30 heavy (non-hydrogen) atoms. The number of alkyl carbamates (subject to hydrolysis) is 1. The molecule has 2 amide bonds. The Labute approximate surface area is 172 Å². The molecule has 0 aliphatic heterocycles. The van der Waals surface area contributed by atoms with Crippen molar-refractivity contribution in [2.45, 2.75) is 45.4 Å². The zero-order chi connectivity index (χ0) is 23.4. The van der Waals surface area contributed by atoms with Crippen molar-refractivity contribution in [2.24, 2.45) is 0 Å². The van der Waals surface area contributed by atoms with Gasteiger partial charge >= 0.3 is 12.1 Å². The summed E-state index contributed by atoms with van der Waals surface area (Å²) in [5.74, 6) is -16.6. The van der Waals surface area contributed by atoms with Crippen LogP contribution in [0.3, 0.4) is 0 Å². The second-order valence-electron chi connectivity index (χ2n) is 6.90. The van der Waals surface area contributed by atoms with Crippen molar-refractivity contribution in [1.29, 1.82) is 0 Å². The van der Waals surface area contributed by atoms with E-state index in [9.17, 15) is 36.3 Å². The lowest BCUT2D eigenvalue weighted by atomic mass is 10.2. The molecule has 0 radical (unpaired) electrons. The number of halogens is 6. The van der Waals surface area contributed by atoms with Gasteiger partial charge < -0.3 is 20.1 Å². The second-order valence-corrected chi connectivity index (χ2v) is 7.21. The quantitative estimate of drug-likeness (QED) is 0.170. The average molecular weight is 461 g/mol. The fraction of sp³-hybridized carbons (Fsp3) is 0.471. The number of hydrogen-bond acceptors (Lipinski definition) is 5. The maximum Gasteiger partial charge on any atom is 0.408 e. The van der Waals surface area contributed by atoms with Gasteiger partial charge in [0.25, 0.3) is 0 Å². The Hall–Kier alpha value is -2.63. The summed E-state index contributed by atoms with van der Waals surface area (Å²) < 4.78 is 75.7. The molecule has 1 aromatic carbocycles. The van der Waals surface area contributed by atoms with Crippen LogP contribution in [-0.4, -0.2) is 41.5 Å². The number of esters is 1. The van der Waals surface area contributed by atoms with Gasteiger partial charge in [-0.3, -0.25) is 4.79 Å². The molecular formula is C17H18ClF5N2O5. The number of carbonyl (C=O) groups excluding carboxylic acids is 3. The highest BCUT2D eigenvalue weighted by atomic mass is 35.5. The van der Waals surface area contributed by atoms with Gasteiger partial charge in [0, 0.05) is 0 Å². The van der Waals surface area contributed by atoms with Crippen LogP contribution in [-0.2, 0) is 14.3 Å². The van der Waals surface area contributed by atoms with Crippen LogP contribution in [0.4, 0.5) is 26.7 Å². The minimum absolute atomic E-state index is 0.440. The molecule has 1 rings (SSSR count). The molecule has 0 heterocycles. The molecule has 2 atom stereocenters. The van der Waals surface area contributed by atoms with Crippen LogP contribution < -0.4 is 15.4 Å². The maximum atomic E-state index is 13.6. The van der Waals surface area contributed by atoms with Gasteiger partial charge in [0.05, 0.1) is 5.88 Å². The Morgan fingerprint density at radius 3 is 1.83 bits per heavy atom. The van der Waals surface area contributed by atoms with Crippen molar-refractivity contribution in [3.63, 3.8) is 0 Å². The molecule has 0 unspecified atom stereocenters. The number of nitrogens with one attached hydrogen (secondary N) is 2. The Morgan fingerprint density at radius 2 is 1.40 bits per heavy atom. The normalized spacial score (nSPS) is 13.3. The predicted octanol–water partition coefficient (Wildman–Crippen LogP) is 2.92. The van der Waals surface area contributed by atoms with Gasteiger partial charge in [-0.2, -0.15) is 8.78 Å². The van der Waals surface area contributed by atoms with Crippen LogP contribution in [0.25, 0.3) is 0 Å². The van der Waals surface area contributed by atoms with E-state index in [1.807, 2.05) is 5.32 Å². The highest BCUT2D eigenvalue weighted by Crippen LogP contribution is 2.29. The highest BCUT2D eigenvalue weighted by Gasteiger charge is 2.31. The van der Waals surface area contributed by atoms with E-state index in [-0.39, 0.29) is 0 Å². The molecule has 0 spiro atoms. The van der Waals surface area contributed by atoms with Gasteiger partial charge in [-0.25, -0.2) is 22.8 Å². The van der Waals surface area contributed by atoms with Gasteiger partial charge in [0.2, 0.25) is 40.7 Å². The van der Waals surface area contributed by atoms with E-state index in [1.54, 1.807) is 20.8 Å². The topological polar surface area (TPSA) is 93.7 Å². The number of amides is 2. The number of hydrogen-bond donors (Lipinski definition) is 2. The lowest BCUT2D eigenvalue weighted by Crippen LogP contribution is -2.53. The first kappa shape index (κ1) is 25.4. The summed E-state index contributed by atoms with van der Waals surface area (Å²) in [7, 11) is 0. The van der Waals surface area contributed by atoms with E-state index in [0.29, 0.717) is 0 Å². The maximum absolute atomic E-state index is 13.6. The molecule has 0 saturated heterocycles. The summed E-state index contributed by atoms with van der Waals surface area (Å²) >= 11 is 5.60. The van der Waals surface area contributed by atoms with Crippen LogP contribution in [0.5, 0.6) is 5.75 Å². The van der Waals surface area contributed by atoms with E-state index in [0.717, 1.165) is 6.92 Å². The zero-order valence-electron chi connectivity index (χ0n) is 16.2. The average Bonchev–Trinajstić information content (AvgIpc) is 2.64. The summed E-state index contributed by atoms with van der Waals surface area (Å²) in [6.07, 6.45) is -0.986. The molecule has 2 N–H and O–H groups in total. The van der Waals surface area contributed by atoms with Crippen LogP contribution in [0.1, 0.15) is 27.7 Å². The third-order valence-corrected chi connectivity index (χ3v) is 3.55. The van der Waals surface area contributed by atoms with Gasteiger partial charge in [0.15, 0.2) is 0 Å². The van der Waals surface area contributed by atoms with E-state index in [1.165, 1.54) is 0 Å². The molecule has 0 bridgehead atoms. The number of alkyl halides is 1. The molecule has 1 aromatic rings. The molecule has 0 aliphatic carbocycles. The first-order valence-electron chi connectivity index (χ1n) is 8.28. The monoisotopic (exact) mass is 460 g/mol. The highest BCUT2D eigenvalue weighted by molar-refractivity contribution is 6.20. The fourth-order valence-electron chi connectivity index (χ4n) is 1.86. The molecule has 0 aromatic heterocycles. The van der Waals surface area contributed by atoms with Gasteiger partial charge in [-0.05, 0) is 27.7 Å². The van der Waals surface area contributed by atoms with Crippen molar-refractivity contribution >= 4 is 29.6 Å². The van der Waals surface area contributed by atoms with Crippen LogP contribution >= 0.6 is 11.6 Å². The van der Waals surface area contributed by atoms with Gasteiger partial charge in [0.1, 0.15) is 17.7 Å². The molecule has 7 nitrogen and oxygen atoms in total. The van der Waals surface area contributed by atoms with E-state index < -0.39 is 76.4 Å². The van der Waals surface area contributed by atoms with Gasteiger partial charge in [-0.1, -0.05) is 0 Å². The Bertz CT molecular complexity index is 818. The smallest absolute Gasteiger partial charge is 0.408 e. The largest absolute Gasteiger partial charge is 0.444 e. The molecule has 0 saturated carbocycles. The van der Waals surface area contributed by atoms with E-state index in [2.05, 4.69) is 10.1 Å². The molecule has 168 valence electrons. The van der Waals surface area contributed by atoms with Crippen LogP contribution in [0, 0.1) is 29.1 Å². The van der Waals surface area contributed by atoms with Crippen molar-refractivity contribution in [3.8, 4) is 5.75 Å². The first-order valence-corrected chi connectivity index (χ1v) is 8.82. The molecule has 13 heteroatoms. The molecule has 0 fully saturated rings. The van der Waals surface area contributed by atoms with Crippen LogP contribution in [0.2, 0.25) is 0 Å². The minimum atomic E-state index is -2.43. The SMILES string of the molecule is C[C@H](NC(=O)[C@H](CCl)NC(=O)OC(C)(C)C)C(=O)Oc1c(F)c(F)c(F)c(F)c1F. The standard InChI is InChI=1S/C17H18ClF5N2O5/c1-6(24-14(26)7(5-18)25-16(28)30-17(2,3)4)15(27)29-13-11(22)9(20)8(19)10(21)12(13)23/h6-7H,5H2,1-4H3,(H,24,26)(H,25,28)/t6-,7-/m0/s1. The number of rotatable bonds is 6. The van der Waals surface area contributed by atoms with E-state index in [4.69, 9.17) is 16.3 Å².